The molecule has 0 spiro atoms. The number of benzene rings is 1. The van der Waals surface area contributed by atoms with Crippen LogP contribution in [-0.2, 0) is 11.2 Å². The van der Waals surface area contributed by atoms with Gasteiger partial charge in [-0.2, -0.15) is 0 Å². The van der Waals surface area contributed by atoms with Gasteiger partial charge in [-0.15, -0.1) is 0 Å². The number of hydrogen-bond donors (Lipinski definition) is 0. The number of ether oxygens (including phenoxy) is 1. The molecule has 1 aliphatic carbocycles. The van der Waals surface area contributed by atoms with Crippen LogP contribution in [0.3, 0.4) is 0 Å². The number of ketones is 1. The van der Waals surface area contributed by atoms with E-state index in [2.05, 4.69) is 0 Å². The first kappa shape index (κ1) is 12.1. The third kappa shape index (κ3) is 2.33. The van der Waals surface area contributed by atoms with Crippen LogP contribution >= 0.6 is 0 Å². The number of rotatable bonds is 3. The Kier molecular flexibility index (Phi) is 3.46. The van der Waals surface area contributed by atoms with E-state index < -0.39 is 0 Å². The van der Waals surface area contributed by atoms with Crippen molar-refractivity contribution in [3.63, 3.8) is 0 Å². The monoisotopic (exact) mass is 236 g/mol. The minimum atomic E-state index is -0.290. The molecule has 0 bridgehead atoms. The second-order valence-corrected chi connectivity index (χ2v) is 4.69. The highest BCUT2D eigenvalue weighted by Gasteiger charge is 2.31. The van der Waals surface area contributed by atoms with E-state index >= 15 is 0 Å². The second-order valence-electron chi connectivity index (χ2n) is 4.69. The summed E-state index contributed by atoms with van der Waals surface area (Å²) in [7, 11) is 1.46. The van der Waals surface area contributed by atoms with Gasteiger partial charge < -0.3 is 4.74 Å². The van der Waals surface area contributed by atoms with E-state index in [0.29, 0.717) is 24.2 Å². The fourth-order valence-corrected chi connectivity index (χ4v) is 2.50. The zero-order valence-corrected chi connectivity index (χ0v) is 10.2. The van der Waals surface area contributed by atoms with Gasteiger partial charge in [0.15, 0.2) is 11.6 Å². The number of halogens is 1. The normalized spacial score (nSPS) is 24.1. The molecule has 0 amide bonds. The van der Waals surface area contributed by atoms with E-state index in [9.17, 15) is 9.18 Å². The van der Waals surface area contributed by atoms with E-state index in [1.807, 2.05) is 6.92 Å². The summed E-state index contributed by atoms with van der Waals surface area (Å²) in [6.07, 6.45) is 2.13. The van der Waals surface area contributed by atoms with Crippen LogP contribution in [0.15, 0.2) is 18.2 Å². The van der Waals surface area contributed by atoms with Gasteiger partial charge in [-0.25, -0.2) is 4.39 Å². The highest BCUT2D eigenvalue weighted by molar-refractivity contribution is 5.83. The van der Waals surface area contributed by atoms with Gasteiger partial charge in [0.05, 0.1) is 7.11 Å². The highest BCUT2D eigenvalue weighted by Crippen LogP contribution is 2.33. The Bertz CT molecular complexity index is 428. The zero-order valence-electron chi connectivity index (χ0n) is 10.2. The molecule has 0 heterocycles. The van der Waals surface area contributed by atoms with Gasteiger partial charge in [-0.05, 0) is 30.4 Å². The van der Waals surface area contributed by atoms with Crippen LogP contribution in [0.5, 0.6) is 5.75 Å². The standard InChI is InChI=1S/C14H17FO2/c1-9-10(6-7-12(9)16)8-11-4-3-5-13(17-2)14(11)15/h3-5,9-10H,6-8H2,1-2H3. The lowest BCUT2D eigenvalue weighted by molar-refractivity contribution is -0.120. The molecule has 2 nitrogen and oxygen atoms in total. The van der Waals surface area contributed by atoms with Gasteiger partial charge in [-0.3, -0.25) is 4.79 Å². The van der Waals surface area contributed by atoms with E-state index in [1.54, 1.807) is 18.2 Å². The molecule has 17 heavy (non-hydrogen) atoms. The average molecular weight is 236 g/mol. The maximum absolute atomic E-state index is 13.9. The topological polar surface area (TPSA) is 26.3 Å². The first-order chi connectivity index (χ1) is 8.13. The Labute approximate surface area is 101 Å². The van der Waals surface area contributed by atoms with E-state index in [-0.39, 0.29) is 23.4 Å². The molecular formula is C14H17FO2. The molecular weight excluding hydrogens is 219 g/mol. The molecule has 3 heteroatoms. The smallest absolute Gasteiger partial charge is 0.168 e. The quantitative estimate of drug-likeness (QED) is 0.806. The first-order valence-electron chi connectivity index (χ1n) is 5.97. The van der Waals surface area contributed by atoms with Crippen molar-refractivity contribution in [2.24, 2.45) is 11.8 Å². The summed E-state index contributed by atoms with van der Waals surface area (Å²) in [6, 6.07) is 5.17. The number of carbonyl (C=O) groups excluding carboxylic acids is 1. The van der Waals surface area contributed by atoms with Crippen molar-refractivity contribution >= 4 is 5.78 Å². The van der Waals surface area contributed by atoms with Crippen molar-refractivity contribution in [2.45, 2.75) is 26.2 Å². The van der Waals surface area contributed by atoms with Crippen LogP contribution in [-0.4, -0.2) is 12.9 Å². The number of hydrogen-bond acceptors (Lipinski definition) is 2. The lowest BCUT2D eigenvalue weighted by Crippen LogP contribution is -2.13. The average Bonchev–Trinajstić information content (AvgIpc) is 2.64. The van der Waals surface area contributed by atoms with E-state index in [0.717, 1.165) is 6.42 Å². The third-order valence-corrected chi connectivity index (χ3v) is 3.72. The van der Waals surface area contributed by atoms with Gasteiger partial charge in [0, 0.05) is 12.3 Å². The largest absolute Gasteiger partial charge is 0.494 e. The molecule has 1 aliphatic rings. The van der Waals surface area contributed by atoms with Gasteiger partial charge in [0.1, 0.15) is 5.78 Å². The molecule has 0 aliphatic heterocycles. The van der Waals surface area contributed by atoms with Gasteiger partial charge in [-0.1, -0.05) is 19.1 Å². The molecule has 1 aromatic carbocycles. The molecule has 0 radical (unpaired) electrons. The number of methoxy groups -OCH3 is 1. The van der Waals surface area contributed by atoms with E-state index in [4.69, 9.17) is 4.74 Å². The van der Waals surface area contributed by atoms with Crippen molar-refractivity contribution < 1.29 is 13.9 Å². The molecule has 2 atom stereocenters. The molecule has 1 aromatic rings. The highest BCUT2D eigenvalue weighted by atomic mass is 19.1. The van der Waals surface area contributed by atoms with Gasteiger partial charge >= 0.3 is 0 Å². The van der Waals surface area contributed by atoms with Crippen LogP contribution in [0.25, 0.3) is 0 Å². The molecule has 0 saturated heterocycles. The number of carbonyl (C=O) groups is 1. The SMILES string of the molecule is COc1cccc(CC2CCC(=O)C2C)c1F. The van der Waals surface area contributed by atoms with Crippen molar-refractivity contribution in [3.05, 3.63) is 29.6 Å². The summed E-state index contributed by atoms with van der Waals surface area (Å²) in [5.74, 6) is 0.615. The lowest BCUT2D eigenvalue weighted by atomic mass is 9.90. The Morgan fingerprint density at radius 2 is 2.24 bits per heavy atom. The van der Waals surface area contributed by atoms with Gasteiger partial charge in [0.25, 0.3) is 0 Å². The van der Waals surface area contributed by atoms with Crippen LogP contribution in [0.4, 0.5) is 4.39 Å². The van der Waals surface area contributed by atoms with Crippen LogP contribution in [0.1, 0.15) is 25.3 Å². The summed E-state index contributed by atoms with van der Waals surface area (Å²) < 4.78 is 18.9. The third-order valence-electron chi connectivity index (χ3n) is 3.72. The first-order valence-corrected chi connectivity index (χ1v) is 5.97. The zero-order chi connectivity index (χ0) is 12.4. The molecule has 2 rings (SSSR count). The van der Waals surface area contributed by atoms with Crippen molar-refractivity contribution in [1.82, 2.24) is 0 Å². The van der Waals surface area contributed by atoms with Crippen LogP contribution in [0, 0.1) is 17.7 Å². The molecule has 92 valence electrons. The summed E-state index contributed by atoms with van der Waals surface area (Å²) in [5.41, 5.74) is 0.649. The predicted molar refractivity (Wildman–Crippen MR) is 63.6 cm³/mol. The van der Waals surface area contributed by atoms with Crippen molar-refractivity contribution in [2.75, 3.05) is 7.11 Å². The summed E-state index contributed by atoms with van der Waals surface area (Å²) in [4.78, 5) is 11.5. The number of Topliss-reactive ketones (excluding diaryl/α,β-unsaturated/α-hetero) is 1. The molecule has 1 saturated carbocycles. The predicted octanol–water partition coefficient (Wildman–Crippen LogP) is 2.99. The summed E-state index contributed by atoms with van der Waals surface area (Å²) in [6.45, 7) is 1.94. The molecule has 1 fully saturated rings. The van der Waals surface area contributed by atoms with E-state index in [1.165, 1.54) is 7.11 Å². The maximum atomic E-state index is 13.9. The Balaban J connectivity index is 2.16. The minimum absolute atomic E-state index is 0.0561. The Morgan fingerprint density at radius 3 is 2.82 bits per heavy atom. The van der Waals surface area contributed by atoms with Crippen molar-refractivity contribution in [3.8, 4) is 5.75 Å². The Hall–Kier alpha value is -1.38. The minimum Gasteiger partial charge on any atom is -0.494 e. The Morgan fingerprint density at radius 1 is 1.47 bits per heavy atom. The summed E-state index contributed by atoms with van der Waals surface area (Å²) in [5, 5.41) is 0. The fraction of sp³-hybridized carbons (Fsp3) is 0.500. The molecule has 0 aromatic heterocycles. The van der Waals surface area contributed by atoms with Crippen LogP contribution in [0.2, 0.25) is 0 Å². The fourth-order valence-electron chi connectivity index (χ4n) is 2.50. The molecule has 2 unspecified atom stereocenters. The van der Waals surface area contributed by atoms with Gasteiger partial charge in [0.2, 0.25) is 0 Å². The second kappa shape index (κ2) is 4.86. The molecule has 0 N–H and O–H groups in total. The van der Waals surface area contributed by atoms with Crippen molar-refractivity contribution in [1.29, 1.82) is 0 Å². The lowest BCUT2D eigenvalue weighted by Gasteiger charge is -2.15. The van der Waals surface area contributed by atoms with Crippen LogP contribution < -0.4 is 4.74 Å². The summed E-state index contributed by atoms with van der Waals surface area (Å²) >= 11 is 0. The maximum Gasteiger partial charge on any atom is 0.168 e.